The minimum absolute atomic E-state index is 0. The van der Waals surface area contributed by atoms with Crippen molar-refractivity contribution in [3.8, 4) is 11.5 Å². The van der Waals surface area contributed by atoms with Gasteiger partial charge in [0, 0.05) is 0 Å². The van der Waals surface area contributed by atoms with E-state index >= 15 is 0 Å². The minimum Gasteiger partial charge on any atom is -1.00 e. The molecule has 0 fully saturated rings. The van der Waals surface area contributed by atoms with Crippen molar-refractivity contribution >= 4 is 13.9 Å². The fraction of sp³-hybridized carbons (Fsp3) is 0. The summed E-state index contributed by atoms with van der Waals surface area (Å²) in [6, 6.07) is 29.5. The summed E-state index contributed by atoms with van der Waals surface area (Å²) in [6.45, 7) is 3.63. The van der Waals surface area contributed by atoms with E-state index in [0.717, 1.165) is 11.5 Å². The van der Waals surface area contributed by atoms with Gasteiger partial charge in [-0.2, -0.15) is 0 Å². The molecule has 0 saturated carbocycles. The van der Waals surface area contributed by atoms with Crippen molar-refractivity contribution in [2.24, 2.45) is 0 Å². The third-order valence-corrected chi connectivity index (χ3v) is 2.76. The van der Waals surface area contributed by atoms with Gasteiger partial charge in [0.1, 0.15) is 11.5 Å². The van der Waals surface area contributed by atoms with Gasteiger partial charge < -0.3 is 20.8 Å². The largest absolute Gasteiger partial charge is 1.00 e. The third-order valence-electron chi connectivity index (χ3n) is 2.76. The molecule has 0 aliphatic rings. The average Bonchev–Trinajstić information content (AvgIpc) is 2.63. The van der Waals surface area contributed by atoms with Crippen LogP contribution in [0.3, 0.4) is 0 Å². The Hall–Kier alpha value is -1.69. The standard InChI is InChI=1S/C12H10O.C8H8.Na.H3O4P.H/c1-3-7-11(8-4-1)13-12-9-5-2-6-10-12;1-2-8-6-4-3-5-7-8;;1-5(2,3)4;/h1-10H;2-7H,1H2;;(H3,1,2,3,4);/q;;+1;;-1. The van der Waals surface area contributed by atoms with Crippen LogP contribution < -0.4 is 34.3 Å². The predicted molar refractivity (Wildman–Crippen MR) is 105 cm³/mol. The number of phosphoric acid groups is 1. The summed E-state index contributed by atoms with van der Waals surface area (Å²) in [7, 11) is -4.64. The maximum Gasteiger partial charge on any atom is 1.00 e. The maximum atomic E-state index is 8.88. The second kappa shape index (κ2) is 14.4. The van der Waals surface area contributed by atoms with Crippen molar-refractivity contribution < 1.29 is 55.0 Å². The van der Waals surface area contributed by atoms with Gasteiger partial charge in [-0.25, -0.2) is 4.57 Å². The fourth-order valence-corrected chi connectivity index (χ4v) is 1.70. The Morgan fingerprint density at radius 2 is 1.04 bits per heavy atom. The van der Waals surface area contributed by atoms with E-state index in [9.17, 15) is 0 Å². The SMILES string of the molecule is C=Cc1ccccc1.O=P(O)(O)O.[H-].[Na+].c1ccc(Oc2ccccc2)cc1. The monoisotopic (exact) mass is 396 g/mol. The molecular formula is C20H22NaO5P. The summed E-state index contributed by atoms with van der Waals surface area (Å²) < 4.78 is 14.5. The summed E-state index contributed by atoms with van der Waals surface area (Å²) in [6.07, 6.45) is 1.83. The molecule has 0 bridgehead atoms. The predicted octanol–water partition coefficient (Wildman–Crippen LogP) is 2.00. The van der Waals surface area contributed by atoms with E-state index in [1.165, 1.54) is 5.56 Å². The van der Waals surface area contributed by atoms with Crippen LogP contribution in [0.25, 0.3) is 6.08 Å². The van der Waals surface area contributed by atoms with Crippen molar-refractivity contribution in [1.29, 1.82) is 0 Å². The van der Waals surface area contributed by atoms with Crippen LogP contribution in [-0.4, -0.2) is 14.7 Å². The van der Waals surface area contributed by atoms with Crippen molar-refractivity contribution in [2.45, 2.75) is 0 Å². The quantitative estimate of drug-likeness (QED) is 0.466. The molecule has 0 amide bonds. The number of benzene rings is 3. The molecular weight excluding hydrogens is 374 g/mol. The zero-order valence-corrected chi connectivity index (χ0v) is 17.9. The van der Waals surface area contributed by atoms with Gasteiger partial charge in [0.2, 0.25) is 0 Å². The summed E-state index contributed by atoms with van der Waals surface area (Å²) in [5.74, 6) is 1.74. The summed E-state index contributed by atoms with van der Waals surface area (Å²) in [5.41, 5.74) is 1.17. The normalized spacial score (nSPS) is 9.30. The van der Waals surface area contributed by atoms with E-state index in [1.807, 2.05) is 97.1 Å². The van der Waals surface area contributed by atoms with Crippen LogP contribution in [0.2, 0.25) is 0 Å². The van der Waals surface area contributed by atoms with Gasteiger partial charge in [-0.05, 0) is 29.8 Å². The van der Waals surface area contributed by atoms with Gasteiger partial charge in [0.05, 0.1) is 0 Å². The molecule has 3 aromatic rings. The van der Waals surface area contributed by atoms with Gasteiger partial charge >= 0.3 is 37.4 Å². The third kappa shape index (κ3) is 15.1. The number of ether oxygens (including phenoxy) is 1. The van der Waals surface area contributed by atoms with E-state index in [0.29, 0.717) is 0 Å². The van der Waals surface area contributed by atoms with Crippen LogP contribution in [0.4, 0.5) is 0 Å². The number of hydrogen-bond donors (Lipinski definition) is 3. The van der Waals surface area contributed by atoms with Crippen LogP contribution in [0.15, 0.2) is 97.6 Å². The molecule has 27 heavy (non-hydrogen) atoms. The molecule has 0 aromatic heterocycles. The van der Waals surface area contributed by atoms with Crippen molar-refractivity contribution in [3.05, 3.63) is 103 Å². The summed E-state index contributed by atoms with van der Waals surface area (Å²) in [5, 5.41) is 0. The topological polar surface area (TPSA) is 87.0 Å². The van der Waals surface area contributed by atoms with Crippen LogP contribution in [0.1, 0.15) is 6.99 Å². The van der Waals surface area contributed by atoms with Crippen molar-refractivity contribution in [1.82, 2.24) is 0 Å². The Morgan fingerprint density at radius 1 is 0.741 bits per heavy atom. The molecule has 0 aliphatic carbocycles. The smallest absolute Gasteiger partial charge is 1.00 e. The first-order valence-corrected chi connectivity index (χ1v) is 9.18. The Balaban J connectivity index is 0. The van der Waals surface area contributed by atoms with E-state index in [4.69, 9.17) is 24.0 Å². The van der Waals surface area contributed by atoms with E-state index in [-0.39, 0.29) is 31.0 Å². The molecule has 3 aromatic carbocycles. The molecule has 0 unspecified atom stereocenters. The summed E-state index contributed by atoms with van der Waals surface area (Å²) >= 11 is 0. The first-order chi connectivity index (χ1) is 12.4. The Morgan fingerprint density at radius 3 is 1.30 bits per heavy atom. The molecule has 5 nitrogen and oxygen atoms in total. The zero-order valence-electron chi connectivity index (χ0n) is 16.1. The van der Waals surface area contributed by atoms with E-state index in [2.05, 4.69) is 6.58 Å². The Labute approximate surface area is 183 Å². The molecule has 0 radical (unpaired) electrons. The molecule has 3 N–H and O–H groups in total. The van der Waals surface area contributed by atoms with Gasteiger partial charge in [0.25, 0.3) is 0 Å². The van der Waals surface area contributed by atoms with Crippen LogP contribution in [-0.2, 0) is 4.57 Å². The van der Waals surface area contributed by atoms with Gasteiger partial charge in [0.15, 0.2) is 0 Å². The van der Waals surface area contributed by atoms with Crippen LogP contribution in [0.5, 0.6) is 11.5 Å². The first-order valence-electron chi connectivity index (χ1n) is 7.62. The fourth-order valence-electron chi connectivity index (χ4n) is 1.70. The zero-order chi connectivity index (χ0) is 19.3. The molecule has 3 rings (SSSR count). The first kappa shape index (κ1) is 25.3. The van der Waals surface area contributed by atoms with Gasteiger partial charge in [-0.3, -0.25) is 0 Å². The minimum atomic E-state index is -4.64. The second-order valence-electron chi connectivity index (χ2n) is 4.86. The second-order valence-corrected chi connectivity index (χ2v) is 5.88. The molecule has 7 heteroatoms. The molecule has 0 spiro atoms. The van der Waals surface area contributed by atoms with Gasteiger partial charge in [-0.15, -0.1) is 0 Å². The molecule has 0 aliphatic heterocycles. The van der Waals surface area contributed by atoms with Gasteiger partial charge in [-0.1, -0.05) is 79.4 Å². The maximum absolute atomic E-state index is 8.88. The molecule has 138 valence electrons. The van der Waals surface area contributed by atoms with Crippen molar-refractivity contribution in [2.75, 3.05) is 0 Å². The molecule has 0 heterocycles. The summed E-state index contributed by atoms with van der Waals surface area (Å²) in [4.78, 5) is 21.6. The number of hydrogen-bond acceptors (Lipinski definition) is 2. The van der Waals surface area contributed by atoms with Crippen LogP contribution >= 0.6 is 7.82 Å². The van der Waals surface area contributed by atoms with Crippen molar-refractivity contribution in [3.63, 3.8) is 0 Å². The number of rotatable bonds is 3. The molecule has 0 saturated heterocycles. The molecule has 0 atom stereocenters. The van der Waals surface area contributed by atoms with E-state index < -0.39 is 7.82 Å². The number of para-hydroxylation sites is 2. The van der Waals surface area contributed by atoms with E-state index in [1.54, 1.807) is 0 Å². The average molecular weight is 396 g/mol. The Bertz CT molecular complexity index is 753. The Kier molecular flexibility index (Phi) is 13.5. The van der Waals surface area contributed by atoms with Crippen LogP contribution in [0, 0.1) is 0 Å².